The fourth-order valence-corrected chi connectivity index (χ4v) is 2.77. The summed E-state index contributed by atoms with van der Waals surface area (Å²) in [5, 5.41) is 6.20. The predicted octanol–water partition coefficient (Wildman–Crippen LogP) is 3.99. The summed E-state index contributed by atoms with van der Waals surface area (Å²) in [5.41, 5.74) is 3.38. The van der Waals surface area contributed by atoms with E-state index >= 15 is 0 Å². The number of nitrogens with one attached hydrogen (secondary N) is 2. The third kappa shape index (κ3) is 5.98. The molecule has 25 heavy (non-hydrogen) atoms. The van der Waals surface area contributed by atoms with Crippen molar-refractivity contribution in [3.8, 4) is 0 Å². The Morgan fingerprint density at radius 3 is 2.16 bits per heavy atom. The summed E-state index contributed by atoms with van der Waals surface area (Å²) in [6.45, 7) is 7.07. The molecule has 0 aliphatic carbocycles. The smallest absolute Gasteiger partial charge is 0.234 e. The van der Waals surface area contributed by atoms with Crippen molar-refractivity contribution in [1.82, 2.24) is 10.6 Å². The van der Waals surface area contributed by atoms with E-state index in [1.165, 1.54) is 23.3 Å². The van der Waals surface area contributed by atoms with Crippen molar-refractivity contribution in [1.29, 1.82) is 0 Å². The van der Waals surface area contributed by atoms with Crippen LogP contribution in [-0.4, -0.2) is 12.5 Å². The summed E-state index contributed by atoms with van der Waals surface area (Å²) in [6.07, 6.45) is 1.02. The van der Waals surface area contributed by atoms with E-state index in [1.807, 2.05) is 0 Å². The van der Waals surface area contributed by atoms with E-state index in [9.17, 15) is 9.18 Å². The van der Waals surface area contributed by atoms with Gasteiger partial charge in [-0.1, -0.05) is 57.2 Å². The van der Waals surface area contributed by atoms with Crippen LogP contribution in [0.3, 0.4) is 0 Å². The summed E-state index contributed by atoms with van der Waals surface area (Å²) in [4.78, 5) is 12.1. The Labute approximate surface area is 149 Å². The van der Waals surface area contributed by atoms with Crippen LogP contribution in [0.2, 0.25) is 0 Å². The minimum atomic E-state index is -0.273. The van der Waals surface area contributed by atoms with Crippen LogP contribution < -0.4 is 10.6 Å². The number of halogens is 1. The molecule has 2 rings (SSSR count). The number of aryl methyl sites for hydroxylation is 1. The summed E-state index contributed by atoms with van der Waals surface area (Å²) in [7, 11) is 0. The summed E-state index contributed by atoms with van der Waals surface area (Å²) in [6, 6.07) is 14.8. The zero-order valence-electron chi connectivity index (χ0n) is 15.2. The molecule has 0 heterocycles. The van der Waals surface area contributed by atoms with Crippen LogP contribution in [-0.2, 0) is 17.8 Å². The second-order valence-corrected chi connectivity index (χ2v) is 6.60. The zero-order valence-corrected chi connectivity index (χ0v) is 15.2. The van der Waals surface area contributed by atoms with Gasteiger partial charge in [0.1, 0.15) is 5.82 Å². The molecule has 0 aliphatic heterocycles. The van der Waals surface area contributed by atoms with Crippen LogP contribution in [0.15, 0.2) is 48.5 Å². The Morgan fingerprint density at radius 2 is 1.60 bits per heavy atom. The molecule has 1 amide bonds. The van der Waals surface area contributed by atoms with Crippen LogP contribution in [0, 0.1) is 11.7 Å². The molecule has 1 atom stereocenters. The van der Waals surface area contributed by atoms with Gasteiger partial charge in [-0.05, 0) is 41.2 Å². The molecule has 0 spiro atoms. The first-order valence-electron chi connectivity index (χ1n) is 8.83. The number of carbonyl (C=O) groups excluding carboxylic acids is 1. The highest BCUT2D eigenvalue weighted by Gasteiger charge is 2.16. The number of benzene rings is 2. The molecule has 2 N–H and O–H groups in total. The lowest BCUT2D eigenvalue weighted by molar-refractivity contribution is -0.120. The highest BCUT2D eigenvalue weighted by Crippen LogP contribution is 2.22. The fraction of sp³-hybridized carbons (Fsp3) is 0.381. The molecule has 134 valence electrons. The van der Waals surface area contributed by atoms with E-state index in [0.717, 1.165) is 12.0 Å². The molecule has 0 unspecified atom stereocenters. The first-order valence-corrected chi connectivity index (χ1v) is 8.83. The maximum atomic E-state index is 12.9. The molecule has 0 aliphatic rings. The Morgan fingerprint density at radius 1 is 1.00 bits per heavy atom. The van der Waals surface area contributed by atoms with Crippen LogP contribution in [0.25, 0.3) is 0 Å². The zero-order chi connectivity index (χ0) is 18.2. The molecule has 2 aromatic carbocycles. The van der Waals surface area contributed by atoms with E-state index in [1.54, 1.807) is 12.1 Å². The van der Waals surface area contributed by atoms with Gasteiger partial charge in [0.2, 0.25) is 5.91 Å². The lowest BCUT2D eigenvalue weighted by atomic mass is 9.95. The van der Waals surface area contributed by atoms with E-state index in [0.29, 0.717) is 12.5 Å². The monoisotopic (exact) mass is 342 g/mol. The minimum absolute atomic E-state index is 0.0693. The van der Waals surface area contributed by atoms with Crippen LogP contribution >= 0.6 is 0 Å². The summed E-state index contributed by atoms with van der Waals surface area (Å²) in [5.74, 6) is 0.0307. The second-order valence-electron chi connectivity index (χ2n) is 6.60. The molecule has 0 radical (unpaired) electrons. The third-order valence-electron chi connectivity index (χ3n) is 4.30. The Balaban J connectivity index is 1.87. The molecular weight excluding hydrogens is 315 g/mol. The quantitative estimate of drug-likeness (QED) is 0.761. The lowest BCUT2D eigenvalue weighted by Gasteiger charge is -2.23. The van der Waals surface area contributed by atoms with Crippen LogP contribution in [0.5, 0.6) is 0 Å². The Kier molecular flexibility index (Phi) is 7.14. The lowest BCUT2D eigenvalue weighted by Crippen LogP contribution is -2.37. The topological polar surface area (TPSA) is 41.1 Å². The maximum absolute atomic E-state index is 12.9. The Hall–Kier alpha value is -2.20. The molecule has 3 nitrogen and oxygen atoms in total. The molecular formula is C21H27FN2O. The largest absolute Gasteiger partial charge is 0.351 e. The summed E-state index contributed by atoms with van der Waals surface area (Å²) >= 11 is 0. The van der Waals surface area contributed by atoms with Crippen molar-refractivity contribution in [3.05, 3.63) is 71.0 Å². The van der Waals surface area contributed by atoms with Gasteiger partial charge in [-0.25, -0.2) is 4.39 Å². The average molecular weight is 342 g/mol. The van der Waals surface area contributed by atoms with Crippen LogP contribution in [0.4, 0.5) is 4.39 Å². The van der Waals surface area contributed by atoms with Gasteiger partial charge in [-0.3, -0.25) is 4.79 Å². The molecule has 0 saturated heterocycles. The van der Waals surface area contributed by atoms with Gasteiger partial charge in [0.15, 0.2) is 0 Å². The second kappa shape index (κ2) is 9.33. The molecule has 2 aromatic rings. The number of hydrogen-bond acceptors (Lipinski definition) is 2. The standard InChI is InChI=1S/C21H27FN2O/c1-4-16-5-9-18(10-6-16)21(15(2)3)24-14-20(25)23-13-17-7-11-19(22)12-8-17/h5-12,15,21,24H,4,13-14H2,1-3H3,(H,23,25)/t21-/m1/s1. The van der Waals surface area contributed by atoms with Gasteiger partial charge in [0.25, 0.3) is 0 Å². The van der Waals surface area contributed by atoms with Crippen molar-refractivity contribution in [2.75, 3.05) is 6.54 Å². The van der Waals surface area contributed by atoms with Crippen molar-refractivity contribution in [2.45, 2.75) is 39.8 Å². The van der Waals surface area contributed by atoms with E-state index < -0.39 is 0 Å². The van der Waals surface area contributed by atoms with Gasteiger partial charge in [-0.15, -0.1) is 0 Å². The minimum Gasteiger partial charge on any atom is -0.351 e. The third-order valence-corrected chi connectivity index (χ3v) is 4.30. The van der Waals surface area contributed by atoms with Gasteiger partial charge < -0.3 is 10.6 Å². The highest BCUT2D eigenvalue weighted by atomic mass is 19.1. The van der Waals surface area contributed by atoms with Gasteiger partial charge in [-0.2, -0.15) is 0 Å². The van der Waals surface area contributed by atoms with Gasteiger partial charge in [0.05, 0.1) is 6.54 Å². The number of hydrogen-bond donors (Lipinski definition) is 2. The molecule has 4 heteroatoms. The number of amides is 1. The molecule has 0 bridgehead atoms. The highest BCUT2D eigenvalue weighted by molar-refractivity contribution is 5.78. The first kappa shape index (κ1) is 19.1. The Bertz CT molecular complexity index is 665. The first-order chi connectivity index (χ1) is 12.0. The van der Waals surface area contributed by atoms with E-state index in [-0.39, 0.29) is 24.3 Å². The predicted molar refractivity (Wildman–Crippen MR) is 99.6 cm³/mol. The molecule has 0 saturated carbocycles. The van der Waals surface area contributed by atoms with Gasteiger partial charge >= 0.3 is 0 Å². The maximum Gasteiger partial charge on any atom is 0.234 e. The van der Waals surface area contributed by atoms with Crippen LogP contribution in [0.1, 0.15) is 43.5 Å². The van der Waals surface area contributed by atoms with E-state index in [2.05, 4.69) is 55.7 Å². The number of rotatable bonds is 8. The summed E-state index contributed by atoms with van der Waals surface area (Å²) < 4.78 is 12.9. The van der Waals surface area contributed by atoms with Crippen molar-refractivity contribution < 1.29 is 9.18 Å². The SMILES string of the molecule is CCc1ccc([C@H](NCC(=O)NCc2ccc(F)cc2)C(C)C)cc1. The van der Waals surface area contributed by atoms with Crippen molar-refractivity contribution in [3.63, 3.8) is 0 Å². The average Bonchev–Trinajstić information content (AvgIpc) is 2.61. The van der Waals surface area contributed by atoms with E-state index in [4.69, 9.17) is 0 Å². The molecule has 0 fully saturated rings. The normalized spacial score (nSPS) is 12.2. The molecule has 0 aromatic heterocycles. The van der Waals surface area contributed by atoms with Crippen molar-refractivity contribution >= 4 is 5.91 Å². The number of carbonyl (C=O) groups is 1. The fourth-order valence-electron chi connectivity index (χ4n) is 2.77. The van der Waals surface area contributed by atoms with Gasteiger partial charge in [0, 0.05) is 12.6 Å². The van der Waals surface area contributed by atoms with Crippen molar-refractivity contribution in [2.24, 2.45) is 5.92 Å².